The Labute approximate surface area is 146 Å². The molecule has 2 aromatic carbocycles. The molecule has 0 bridgehead atoms. The lowest BCUT2D eigenvalue weighted by atomic mass is 10.2. The zero-order valence-electron chi connectivity index (χ0n) is 14.1. The molecule has 0 saturated carbocycles. The van der Waals surface area contributed by atoms with Crippen molar-refractivity contribution >= 4 is 28.4 Å². The second kappa shape index (κ2) is 6.94. The lowest BCUT2D eigenvalue weighted by Gasteiger charge is -2.27. The number of hydrogen-bond donors (Lipinski definition) is 1. The monoisotopic (exact) mass is 336 g/mol. The number of para-hydroxylation sites is 1. The maximum absolute atomic E-state index is 5.43. The van der Waals surface area contributed by atoms with Crippen LogP contribution in [0.5, 0.6) is 5.75 Å². The summed E-state index contributed by atoms with van der Waals surface area (Å²) in [6.45, 7) is 3.02. The van der Waals surface area contributed by atoms with Crippen molar-refractivity contribution in [3.63, 3.8) is 0 Å². The van der Waals surface area contributed by atoms with Crippen LogP contribution < -0.4 is 15.0 Å². The summed E-state index contributed by atoms with van der Waals surface area (Å²) < 4.78 is 10.6. The Morgan fingerprint density at radius 1 is 1.00 bits per heavy atom. The van der Waals surface area contributed by atoms with Gasteiger partial charge in [-0.2, -0.15) is 4.98 Å². The summed E-state index contributed by atoms with van der Waals surface area (Å²) in [7, 11) is 1.66. The average Bonchev–Trinajstić information content (AvgIpc) is 2.69. The molecule has 4 rings (SSSR count). The van der Waals surface area contributed by atoms with Crippen LogP contribution in [-0.4, -0.2) is 43.4 Å². The van der Waals surface area contributed by atoms with Gasteiger partial charge in [0, 0.05) is 24.2 Å². The van der Waals surface area contributed by atoms with Crippen molar-refractivity contribution in [1.82, 2.24) is 9.97 Å². The molecule has 6 heteroatoms. The molecule has 0 spiro atoms. The van der Waals surface area contributed by atoms with Crippen molar-refractivity contribution in [3.8, 4) is 5.75 Å². The van der Waals surface area contributed by atoms with Gasteiger partial charge in [-0.05, 0) is 36.4 Å². The van der Waals surface area contributed by atoms with Gasteiger partial charge in [0.25, 0.3) is 0 Å². The smallest absolute Gasteiger partial charge is 0.228 e. The van der Waals surface area contributed by atoms with Crippen LogP contribution in [0, 0.1) is 0 Å². The van der Waals surface area contributed by atoms with Crippen molar-refractivity contribution in [3.05, 3.63) is 48.5 Å². The van der Waals surface area contributed by atoms with E-state index in [1.807, 2.05) is 48.5 Å². The van der Waals surface area contributed by atoms with E-state index in [0.29, 0.717) is 13.2 Å². The van der Waals surface area contributed by atoms with E-state index in [1.54, 1.807) is 7.11 Å². The van der Waals surface area contributed by atoms with Crippen molar-refractivity contribution in [2.45, 2.75) is 0 Å². The van der Waals surface area contributed by atoms with E-state index in [9.17, 15) is 0 Å². The SMILES string of the molecule is COc1ccc(Nc2nc(N3CCOCC3)nc3ccccc23)cc1. The van der Waals surface area contributed by atoms with Crippen molar-refractivity contribution < 1.29 is 9.47 Å². The molecule has 6 nitrogen and oxygen atoms in total. The standard InChI is InChI=1S/C19H20N4O2/c1-24-15-8-6-14(7-9-15)20-18-16-4-2-3-5-17(16)21-19(22-18)23-10-12-25-13-11-23/h2-9H,10-13H2,1H3,(H,20,21,22). The largest absolute Gasteiger partial charge is 0.497 e. The second-order valence-electron chi connectivity index (χ2n) is 5.84. The number of nitrogens with one attached hydrogen (secondary N) is 1. The van der Waals surface area contributed by atoms with Crippen LogP contribution in [0.1, 0.15) is 0 Å². The summed E-state index contributed by atoms with van der Waals surface area (Å²) in [4.78, 5) is 11.7. The van der Waals surface area contributed by atoms with Crippen LogP contribution in [0.4, 0.5) is 17.5 Å². The van der Waals surface area contributed by atoms with E-state index in [2.05, 4.69) is 10.2 Å². The molecular weight excluding hydrogens is 316 g/mol. The van der Waals surface area contributed by atoms with Crippen molar-refractivity contribution in [2.75, 3.05) is 43.6 Å². The number of nitrogens with zero attached hydrogens (tertiary/aromatic N) is 3. The summed E-state index contributed by atoms with van der Waals surface area (Å²) in [6, 6.07) is 15.8. The minimum absolute atomic E-state index is 0.706. The molecule has 1 aliphatic rings. The fraction of sp³-hybridized carbons (Fsp3) is 0.263. The minimum Gasteiger partial charge on any atom is -0.497 e. The van der Waals surface area contributed by atoms with Crippen LogP contribution in [0.3, 0.4) is 0 Å². The molecule has 1 aromatic heterocycles. The van der Waals surface area contributed by atoms with E-state index >= 15 is 0 Å². The predicted molar refractivity (Wildman–Crippen MR) is 98.8 cm³/mol. The van der Waals surface area contributed by atoms with Gasteiger partial charge in [-0.25, -0.2) is 4.98 Å². The third kappa shape index (κ3) is 3.34. The zero-order chi connectivity index (χ0) is 17.1. The van der Waals surface area contributed by atoms with Crippen LogP contribution in [0.15, 0.2) is 48.5 Å². The Morgan fingerprint density at radius 2 is 1.76 bits per heavy atom. The second-order valence-corrected chi connectivity index (χ2v) is 5.84. The van der Waals surface area contributed by atoms with Gasteiger partial charge in [0.05, 0.1) is 25.8 Å². The summed E-state index contributed by atoms with van der Waals surface area (Å²) in [5.41, 5.74) is 1.88. The Hall–Kier alpha value is -2.86. The number of fused-ring (bicyclic) bond motifs is 1. The predicted octanol–water partition coefficient (Wildman–Crippen LogP) is 3.22. The third-order valence-corrected chi connectivity index (χ3v) is 4.24. The first-order valence-corrected chi connectivity index (χ1v) is 8.34. The molecule has 1 saturated heterocycles. The number of morpholine rings is 1. The molecule has 0 atom stereocenters. The number of hydrogen-bond acceptors (Lipinski definition) is 6. The number of ether oxygens (including phenoxy) is 2. The van der Waals surface area contributed by atoms with E-state index in [-0.39, 0.29) is 0 Å². The highest BCUT2D eigenvalue weighted by atomic mass is 16.5. The van der Waals surface area contributed by atoms with E-state index in [1.165, 1.54) is 0 Å². The maximum Gasteiger partial charge on any atom is 0.228 e. The topological polar surface area (TPSA) is 59.5 Å². The molecule has 0 radical (unpaired) electrons. The lowest BCUT2D eigenvalue weighted by molar-refractivity contribution is 0.122. The minimum atomic E-state index is 0.706. The number of aromatic nitrogens is 2. The fourth-order valence-electron chi connectivity index (χ4n) is 2.88. The molecule has 1 aliphatic heterocycles. The van der Waals surface area contributed by atoms with Crippen molar-refractivity contribution in [2.24, 2.45) is 0 Å². The summed E-state index contributed by atoms with van der Waals surface area (Å²) in [5, 5.41) is 4.41. The first-order valence-electron chi connectivity index (χ1n) is 8.34. The van der Waals surface area contributed by atoms with Crippen molar-refractivity contribution in [1.29, 1.82) is 0 Å². The summed E-state index contributed by atoms with van der Waals surface area (Å²) in [6.07, 6.45) is 0. The quantitative estimate of drug-likeness (QED) is 0.789. The lowest BCUT2D eigenvalue weighted by Crippen LogP contribution is -2.37. The number of benzene rings is 2. The number of methoxy groups -OCH3 is 1. The molecule has 25 heavy (non-hydrogen) atoms. The summed E-state index contributed by atoms with van der Waals surface area (Å²) in [5.74, 6) is 2.36. The zero-order valence-corrected chi connectivity index (χ0v) is 14.1. The van der Waals surface area contributed by atoms with Crippen LogP contribution in [-0.2, 0) is 4.74 Å². The first kappa shape index (κ1) is 15.7. The Balaban J connectivity index is 1.72. The van der Waals surface area contributed by atoms with Crippen LogP contribution in [0.25, 0.3) is 10.9 Å². The highest BCUT2D eigenvalue weighted by Gasteiger charge is 2.16. The van der Waals surface area contributed by atoms with Gasteiger partial charge in [-0.3, -0.25) is 0 Å². The molecule has 1 N–H and O–H groups in total. The molecule has 2 heterocycles. The molecule has 3 aromatic rings. The normalized spacial score (nSPS) is 14.5. The van der Waals surface area contributed by atoms with Gasteiger partial charge in [-0.15, -0.1) is 0 Å². The fourth-order valence-corrected chi connectivity index (χ4v) is 2.88. The molecule has 1 fully saturated rings. The third-order valence-electron chi connectivity index (χ3n) is 4.24. The average molecular weight is 336 g/mol. The number of anilines is 3. The van der Waals surface area contributed by atoms with Gasteiger partial charge >= 0.3 is 0 Å². The first-order chi connectivity index (χ1) is 12.3. The van der Waals surface area contributed by atoms with Crippen LogP contribution >= 0.6 is 0 Å². The van der Waals surface area contributed by atoms with E-state index in [0.717, 1.165) is 47.2 Å². The van der Waals surface area contributed by atoms with E-state index in [4.69, 9.17) is 19.4 Å². The van der Waals surface area contributed by atoms with E-state index < -0.39 is 0 Å². The van der Waals surface area contributed by atoms with Gasteiger partial charge in [0.2, 0.25) is 5.95 Å². The van der Waals surface area contributed by atoms with Gasteiger partial charge in [-0.1, -0.05) is 12.1 Å². The Kier molecular flexibility index (Phi) is 4.35. The van der Waals surface area contributed by atoms with Crippen LogP contribution in [0.2, 0.25) is 0 Å². The van der Waals surface area contributed by atoms with Gasteiger partial charge in [0.15, 0.2) is 0 Å². The number of rotatable bonds is 4. The molecule has 128 valence electrons. The molecular formula is C19H20N4O2. The molecule has 0 aliphatic carbocycles. The van der Waals surface area contributed by atoms with Gasteiger partial charge < -0.3 is 19.7 Å². The highest BCUT2D eigenvalue weighted by Crippen LogP contribution is 2.27. The molecule has 0 unspecified atom stereocenters. The summed E-state index contributed by atoms with van der Waals surface area (Å²) >= 11 is 0. The molecule has 0 amide bonds. The Morgan fingerprint density at radius 3 is 2.52 bits per heavy atom. The maximum atomic E-state index is 5.43. The van der Waals surface area contributed by atoms with Gasteiger partial charge in [0.1, 0.15) is 11.6 Å². The highest BCUT2D eigenvalue weighted by molar-refractivity contribution is 5.91. The Bertz CT molecular complexity index is 861.